The van der Waals surface area contributed by atoms with Crippen LogP contribution in [0.4, 0.5) is 0 Å². The molecule has 1 aliphatic heterocycles. The lowest BCUT2D eigenvalue weighted by Gasteiger charge is -2.28. The second-order valence-corrected chi connectivity index (χ2v) is 6.01. The van der Waals surface area contributed by atoms with Crippen LogP contribution in [0.25, 0.3) is 11.1 Å². The number of rotatable bonds is 3. The lowest BCUT2D eigenvalue weighted by atomic mass is 9.86. The molecule has 0 fully saturated rings. The Bertz CT molecular complexity index is 821. The first kappa shape index (κ1) is 18.2. The highest BCUT2D eigenvalue weighted by molar-refractivity contribution is 5.85. The molecule has 24 heavy (non-hydrogen) atoms. The molecule has 0 spiro atoms. The molecule has 0 saturated carbocycles. The van der Waals surface area contributed by atoms with Gasteiger partial charge in [0.15, 0.2) is 0 Å². The Morgan fingerprint density at radius 3 is 2.83 bits per heavy atom. The van der Waals surface area contributed by atoms with Gasteiger partial charge in [0, 0.05) is 47.7 Å². The van der Waals surface area contributed by atoms with Crippen LogP contribution in [0.3, 0.4) is 0 Å². The van der Waals surface area contributed by atoms with E-state index in [9.17, 15) is 10.1 Å². The lowest BCUT2D eigenvalue weighted by Crippen LogP contribution is -2.32. The van der Waals surface area contributed by atoms with Crippen molar-refractivity contribution < 1.29 is 0 Å². The summed E-state index contributed by atoms with van der Waals surface area (Å²) in [5, 5.41) is 12.9. The largest absolute Gasteiger partial charge is 0.324 e. The molecule has 2 N–H and O–H groups in total. The van der Waals surface area contributed by atoms with Gasteiger partial charge in [-0.15, -0.1) is 12.4 Å². The van der Waals surface area contributed by atoms with E-state index in [-0.39, 0.29) is 29.4 Å². The molecule has 0 amide bonds. The monoisotopic (exact) mass is 344 g/mol. The van der Waals surface area contributed by atoms with E-state index < -0.39 is 0 Å². The van der Waals surface area contributed by atoms with Gasteiger partial charge in [-0.3, -0.25) is 9.78 Å². The molecule has 0 aromatic carbocycles. The highest BCUT2D eigenvalue weighted by Crippen LogP contribution is 2.33. The molecule has 0 bridgehead atoms. The molecule has 1 atom stereocenters. The topological polar surface area (TPSA) is 81.6 Å². The molecule has 126 valence electrons. The van der Waals surface area contributed by atoms with Crippen molar-refractivity contribution >= 4 is 12.4 Å². The zero-order valence-electron chi connectivity index (χ0n) is 13.8. The number of nitriles is 1. The van der Waals surface area contributed by atoms with Crippen molar-refractivity contribution in [2.45, 2.75) is 39.2 Å². The minimum Gasteiger partial charge on any atom is -0.324 e. The van der Waals surface area contributed by atoms with Crippen LogP contribution in [0.15, 0.2) is 23.1 Å². The minimum absolute atomic E-state index is 0. The Balaban J connectivity index is 0.00000208. The average molecular weight is 345 g/mol. The lowest BCUT2D eigenvalue weighted by molar-refractivity contribution is 0.496. The maximum atomic E-state index is 12.4. The number of nitrogens with zero attached hydrogens (tertiary/aromatic N) is 2. The SMILES string of the molecule is CCCC1CNCc2c1[nH]c(=O)c(C#N)c2-c1ccc(C)nc1.Cl. The Morgan fingerprint density at radius 1 is 1.42 bits per heavy atom. The maximum Gasteiger partial charge on any atom is 0.266 e. The van der Waals surface area contributed by atoms with E-state index in [1.807, 2.05) is 19.1 Å². The molecule has 1 unspecified atom stereocenters. The zero-order valence-corrected chi connectivity index (χ0v) is 14.7. The van der Waals surface area contributed by atoms with Crippen molar-refractivity contribution in [3.8, 4) is 17.2 Å². The third-order valence-corrected chi connectivity index (χ3v) is 4.40. The standard InChI is InChI=1S/C18H20N4O.ClH/c1-3-4-13-8-20-10-15-16(12-6-5-11(2)21-9-12)14(7-19)18(23)22-17(13)15;/h5-6,9,13,20H,3-4,8,10H2,1-2H3,(H,22,23);1H. The third kappa shape index (κ3) is 3.21. The second-order valence-electron chi connectivity index (χ2n) is 6.01. The van der Waals surface area contributed by atoms with Gasteiger partial charge < -0.3 is 10.3 Å². The summed E-state index contributed by atoms with van der Waals surface area (Å²) in [5.41, 5.74) is 4.34. The molecule has 0 saturated heterocycles. The number of aryl methyl sites for hydroxylation is 1. The van der Waals surface area contributed by atoms with Crippen LogP contribution in [0.5, 0.6) is 0 Å². The molecule has 6 heteroatoms. The number of hydrogen-bond acceptors (Lipinski definition) is 4. The molecule has 0 radical (unpaired) electrons. The molecule has 1 aliphatic rings. The summed E-state index contributed by atoms with van der Waals surface area (Å²) in [7, 11) is 0. The van der Waals surface area contributed by atoms with Gasteiger partial charge >= 0.3 is 0 Å². The first-order chi connectivity index (χ1) is 11.2. The summed E-state index contributed by atoms with van der Waals surface area (Å²) < 4.78 is 0. The van der Waals surface area contributed by atoms with Gasteiger partial charge in [-0.05, 0) is 25.0 Å². The Hall–Kier alpha value is -2.16. The summed E-state index contributed by atoms with van der Waals surface area (Å²) in [5.74, 6) is 0.279. The molecule has 3 heterocycles. The predicted molar refractivity (Wildman–Crippen MR) is 96.3 cm³/mol. The normalized spacial score (nSPS) is 16.0. The van der Waals surface area contributed by atoms with Crippen molar-refractivity contribution in [1.82, 2.24) is 15.3 Å². The van der Waals surface area contributed by atoms with Crippen molar-refractivity contribution in [3.63, 3.8) is 0 Å². The van der Waals surface area contributed by atoms with E-state index in [1.54, 1.807) is 6.20 Å². The fourth-order valence-electron chi connectivity index (χ4n) is 3.30. The molecule has 3 rings (SSSR count). The smallest absolute Gasteiger partial charge is 0.266 e. The first-order valence-electron chi connectivity index (χ1n) is 7.98. The quantitative estimate of drug-likeness (QED) is 0.896. The van der Waals surface area contributed by atoms with E-state index in [1.165, 1.54) is 0 Å². The van der Waals surface area contributed by atoms with E-state index in [0.29, 0.717) is 6.54 Å². The van der Waals surface area contributed by atoms with Crippen LogP contribution in [-0.2, 0) is 6.54 Å². The predicted octanol–water partition coefficient (Wildman–Crippen LogP) is 3.03. The number of aromatic nitrogens is 2. The van der Waals surface area contributed by atoms with E-state index in [0.717, 1.165) is 47.5 Å². The van der Waals surface area contributed by atoms with Crippen molar-refractivity contribution in [1.29, 1.82) is 5.26 Å². The van der Waals surface area contributed by atoms with Crippen LogP contribution in [-0.4, -0.2) is 16.5 Å². The highest BCUT2D eigenvalue weighted by Gasteiger charge is 2.26. The van der Waals surface area contributed by atoms with Crippen LogP contribution in [0, 0.1) is 18.3 Å². The molecule has 5 nitrogen and oxygen atoms in total. The van der Waals surface area contributed by atoms with Crippen LogP contribution in [0.1, 0.15) is 48.2 Å². The fourth-order valence-corrected chi connectivity index (χ4v) is 3.30. The van der Waals surface area contributed by atoms with Crippen LogP contribution in [0.2, 0.25) is 0 Å². The Kier molecular flexibility index (Phi) is 5.76. The number of hydrogen-bond donors (Lipinski definition) is 2. The van der Waals surface area contributed by atoms with Gasteiger partial charge in [-0.2, -0.15) is 5.26 Å². The molecular weight excluding hydrogens is 324 g/mol. The second kappa shape index (κ2) is 7.61. The van der Waals surface area contributed by atoms with Gasteiger partial charge in [-0.25, -0.2) is 0 Å². The summed E-state index contributed by atoms with van der Waals surface area (Å²) in [6.07, 6.45) is 3.80. The number of halogens is 1. The number of H-pyrrole nitrogens is 1. The molecular formula is C18H21ClN4O. The summed E-state index contributed by atoms with van der Waals surface area (Å²) in [6, 6.07) is 5.91. The zero-order chi connectivity index (χ0) is 16.4. The van der Waals surface area contributed by atoms with E-state index in [2.05, 4.69) is 28.3 Å². The van der Waals surface area contributed by atoms with Crippen LogP contribution < -0.4 is 10.9 Å². The van der Waals surface area contributed by atoms with Crippen molar-refractivity contribution in [2.24, 2.45) is 0 Å². The van der Waals surface area contributed by atoms with Gasteiger partial charge in [0.1, 0.15) is 11.6 Å². The van der Waals surface area contributed by atoms with Crippen molar-refractivity contribution in [3.05, 3.63) is 51.2 Å². The maximum absolute atomic E-state index is 12.4. The number of pyridine rings is 2. The van der Waals surface area contributed by atoms with E-state index in [4.69, 9.17) is 0 Å². The Morgan fingerprint density at radius 2 is 2.21 bits per heavy atom. The molecule has 0 aliphatic carbocycles. The molecule has 2 aromatic rings. The summed E-state index contributed by atoms with van der Waals surface area (Å²) in [6.45, 7) is 5.57. The average Bonchev–Trinajstić information content (AvgIpc) is 2.55. The highest BCUT2D eigenvalue weighted by atomic mass is 35.5. The van der Waals surface area contributed by atoms with Gasteiger partial charge in [0.05, 0.1) is 0 Å². The van der Waals surface area contributed by atoms with Gasteiger partial charge in [0.25, 0.3) is 5.56 Å². The molecule has 2 aromatic heterocycles. The van der Waals surface area contributed by atoms with Crippen molar-refractivity contribution in [2.75, 3.05) is 6.54 Å². The number of aromatic amines is 1. The summed E-state index contributed by atoms with van der Waals surface area (Å²) >= 11 is 0. The first-order valence-corrected chi connectivity index (χ1v) is 7.98. The number of nitrogens with one attached hydrogen (secondary N) is 2. The van der Waals surface area contributed by atoms with Gasteiger partial charge in [-0.1, -0.05) is 19.4 Å². The third-order valence-electron chi connectivity index (χ3n) is 4.40. The van der Waals surface area contributed by atoms with E-state index >= 15 is 0 Å². The number of fused-ring (bicyclic) bond motifs is 1. The summed E-state index contributed by atoms with van der Waals surface area (Å²) in [4.78, 5) is 19.7. The fraction of sp³-hybridized carbons (Fsp3) is 0.389. The van der Waals surface area contributed by atoms with Gasteiger partial charge in [0.2, 0.25) is 0 Å². The van der Waals surface area contributed by atoms with Crippen LogP contribution >= 0.6 is 12.4 Å². The Labute approximate surface area is 147 Å². The minimum atomic E-state index is -0.301.